The van der Waals surface area contributed by atoms with Gasteiger partial charge in [0.05, 0.1) is 5.69 Å². The minimum atomic E-state index is -0.0244. The second kappa shape index (κ2) is 9.85. The van der Waals surface area contributed by atoms with Crippen molar-refractivity contribution in [3.63, 3.8) is 0 Å². The fourth-order valence-corrected chi connectivity index (χ4v) is 4.61. The third-order valence-electron chi connectivity index (χ3n) is 6.57. The Morgan fingerprint density at radius 1 is 1.09 bits per heavy atom. The predicted molar refractivity (Wildman–Crippen MR) is 133 cm³/mol. The Morgan fingerprint density at radius 2 is 1.89 bits per heavy atom. The molecule has 2 aliphatic rings. The number of aromatic nitrogens is 4. The maximum absolute atomic E-state index is 13.4. The summed E-state index contributed by atoms with van der Waals surface area (Å²) in [5.41, 5.74) is 2.66. The van der Waals surface area contributed by atoms with Crippen LogP contribution in [0, 0.1) is 19.8 Å². The summed E-state index contributed by atoms with van der Waals surface area (Å²) in [4.78, 5) is 39.0. The summed E-state index contributed by atoms with van der Waals surface area (Å²) >= 11 is 0. The molecule has 9 heteroatoms. The maximum Gasteiger partial charge on any atom is 0.242 e. The van der Waals surface area contributed by atoms with Crippen molar-refractivity contribution in [3.8, 4) is 0 Å². The monoisotopic (exact) mass is 473 g/mol. The van der Waals surface area contributed by atoms with E-state index in [1.807, 2.05) is 61.2 Å². The van der Waals surface area contributed by atoms with E-state index in [4.69, 9.17) is 0 Å². The maximum atomic E-state index is 13.4. The minimum Gasteiger partial charge on any atom is -0.340 e. The lowest BCUT2D eigenvalue weighted by molar-refractivity contribution is -0.132. The number of anilines is 3. The number of aromatic amines is 1. The van der Waals surface area contributed by atoms with Gasteiger partial charge in [0.25, 0.3) is 0 Å². The zero-order valence-corrected chi connectivity index (χ0v) is 20.2. The summed E-state index contributed by atoms with van der Waals surface area (Å²) in [5.74, 6) is 2.25. The average Bonchev–Trinajstić information content (AvgIpc) is 3.64. The third kappa shape index (κ3) is 5.50. The minimum absolute atomic E-state index is 0.0244. The highest BCUT2D eigenvalue weighted by Gasteiger charge is 2.36. The number of nitrogens with one attached hydrogen (secondary N) is 2. The first-order chi connectivity index (χ1) is 17.0. The highest BCUT2D eigenvalue weighted by molar-refractivity contribution is 6.00. The second-order valence-electron chi connectivity index (χ2n) is 9.50. The van der Waals surface area contributed by atoms with Crippen molar-refractivity contribution >= 4 is 29.1 Å². The fourth-order valence-electron chi connectivity index (χ4n) is 4.61. The number of aryl methyl sites for hydroxylation is 2. The van der Waals surface area contributed by atoms with Crippen LogP contribution in [0.25, 0.3) is 0 Å². The number of piperidine rings is 1. The molecule has 1 aliphatic carbocycles. The molecule has 1 aliphatic heterocycles. The summed E-state index contributed by atoms with van der Waals surface area (Å²) in [7, 11) is 0. The smallest absolute Gasteiger partial charge is 0.242 e. The summed E-state index contributed by atoms with van der Waals surface area (Å²) in [6.07, 6.45) is 3.65. The molecule has 2 amide bonds. The molecule has 1 aromatic carbocycles. The van der Waals surface area contributed by atoms with Crippen LogP contribution in [-0.4, -0.2) is 56.5 Å². The number of hydrogen-bond acceptors (Lipinski definition) is 6. The summed E-state index contributed by atoms with van der Waals surface area (Å²) in [6.45, 7) is 5.16. The first-order valence-electron chi connectivity index (χ1n) is 12.2. The van der Waals surface area contributed by atoms with E-state index in [2.05, 4.69) is 25.5 Å². The number of carbonyl (C=O) groups is 2. The Balaban J connectivity index is 1.29. The molecule has 2 aromatic heterocycles. The quantitative estimate of drug-likeness (QED) is 0.542. The molecule has 1 unspecified atom stereocenters. The highest BCUT2D eigenvalue weighted by atomic mass is 16.2. The Kier molecular flexibility index (Phi) is 6.48. The van der Waals surface area contributed by atoms with Gasteiger partial charge >= 0.3 is 0 Å². The van der Waals surface area contributed by atoms with Crippen LogP contribution in [0.5, 0.6) is 0 Å². The van der Waals surface area contributed by atoms with E-state index >= 15 is 0 Å². The van der Waals surface area contributed by atoms with Crippen molar-refractivity contribution in [2.75, 3.05) is 29.9 Å². The van der Waals surface area contributed by atoms with Crippen LogP contribution in [0.1, 0.15) is 48.8 Å². The predicted octanol–water partition coefficient (Wildman–Crippen LogP) is 3.71. The number of carbonyl (C=O) groups excluding carboxylic acids is 2. The Labute approximate surface area is 205 Å². The van der Waals surface area contributed by atoms with Gasteiger partial charge in [-0.2, -0.15) is 5.10 Å². The van der Waals surface area contributed by atoms with Gasteiger partial charge in [-0.1, -0.05) is 18.2 Å². The molecule has 3 heterocycles. The fraction of sp³-hybridized carbons (Fsp3) is 0.423. The number of hydrogen-bond donors (Lipinski definition) is 2. The van der Waals surface area contributed by atoms with Gasteiger partial charge in [0.2, 0.25) is 11.8 Å². The van der Waals surface area contributed by atoms with Gasteiger partial charge in [0.1, 0.15) is 18.2 Å². The van der Waals surface area contributed by atoms with E-state index in [9.17, 15) is 9.59 Å². The molecular weight excluding hydrogens is 442 g/mol. The van der Waals surface area contributed by atoms with Crippen LogP contribution in [0.2, 0.25) is 0 Å². The lowest BCUT2D eigenvalue weighted by Crippen LogP contribution is -2.46. The van der Waals surface area contributed by atoms with Gasteiger partial charge in [-0.3, -0.25) is 14.7 Å². The first kappa shape index (κ1) is 23.0. The molecule has 2 N–H and O–H groups in total. The third-order valence-corrected chi connectivity index (χ3v) is 6.57. The van der Waals surface area contributed by atoms with Crippen molar-refractivity contribution in [1.82, 2.24) is 25.1 Å². The normalized spacial score (nSPS) is 17.8. The van der Waals surface area contributed by atoms with Crippen LogP contribution >= 0.6 is 0 Å². The van der Waals surface area contributed by atoms with Crippen LogP contribution in [0.3, 0.4) is 0 Å². The molecule has 3 aromatic rings. The lowest BCUT2D eigenvalue weighted by atomic mass is 9.94. The number of amides is 2. The summed E-state index contributed by atoms with van der Waals surface area (Å²) in [6, 6.07) is 13.4. The van der Waals surface area contributed by atoms with E-state index in [0.29, 0.717) is 30.5 Å². The van der Waals surface area contributed by atoms with Gasteiger partial charge in [0, 0.05) is 48.4 Å². The molecule has 0 spiro atoms. The number of benzene rings is 1. The SMILES string of the molecule is Cc1nc(Nc2cc(C)[nH]n2)cc(C2CCCN(C(=O)CN(C(=O)C3CC3)c3ccccc3)C2)n1. The zero-order chi connectivity index (χ0) is 24.4. The second-order valence-corrected chi connectivity index (χ2v) is 9.50. The molecule has 2 fully saturated rings. The van der Waals surface area contributed by atoms with E-state index in [0.717, 1.165) is 42.8 Å². The zero-order valence-electron chi connectivity index (χ0n) is 20.2. The Hall–Kier alpha value is -3.75. The molecule has 0 radical (unpaired) electrons. The van der Waals surface area contributed by atoms with Crippen molar-refractivity contribution in [2.24, 2.45) is 5.92 Å². The van der Waals surface area contributed by atoms with E-state index in [1.165, 1.54) is 0 Å². The van der Waals surface area contributed by atoms with Gasteiger partial charge in [-0.05, 0) is 51.7 Å². The Morgan fingerprint density at radius 3 is 2.60 bits per heavy atom. The van der Waals surface area contributed by atoms with Gasteiger partial charge in [0.15, 0.2) is 5.82 Å². The number of likely N-dealkylation sites (tertiary alicyclic amines) is 1. The largest absolute Gasteiger partial charge is 0.340 e. The molecular formula is C26H31N7O2. The Bertz CT molecular complexity index is 1210. The number of H-pyrrole nitrogens is 1. The highest BCUT2D eigenvalue weighted by Crippen LogP contribution is 2.33. The van der Waals surface area contributed by atoms with E-state index in [1.54, 1.807) is 4.90 Å². The van der Waals surface area contributed by atoms with E-state index < -0.39 is 0 Å². The first-order valence-corrected chi connectivity index (χ1v) is 12.2. The molecule has 182 valence electrons. The van der Waals surface area contributed by atoms with Crippen LogP contribution in [-0.2, 0) is 9.59 Å². The molecule has 0 bridgehead atoms. The molecule has 9 nitrogen and oxygen atoms in total. The van der Waals surface area contributed by atoms with Crippen LogP contribution < -0.4 is 10.2 Å². The van der Waals surface area contributed by atoms with Crippen molar-refractivity contribution in [1.29, 1.82) is 0 Å². The summed E-state index contributed by atoms with van der Waals surface area (Å²) < 4.78 is 0. The molecule has 1 saturated heterocycles. The number of para-hydroxylation sites is 1. The van der Waals surface area contributed by atoms with Crippen molar-refractivity contribution in [2.45, 2.75) is 45.4 Å². The molecule has 35 heavy (non-hydrogen) atoms. The van der Waals surface area contributed by atoms with Crippen molar-refractivity contribution in [3.05, 3.63) is 59.7 Å². The average molecular weight is 474 g/mol. The van der Waals surface area contributed by atoms with Crippen LogP contribution in [0.4, 0.5) is 17.3 Å². The topological polar surface area (TPSA) is 107 Å². The number of nitrogens with zero attached hydrogens (tertiary/aromatic N) is 5. The summed E-state index contributed by atoms with van der Waals surface area (Å²) in [5, 5.41) is 10.4. The van der Waals surface area contributed by atoms with Gasteiger partial charge in [-0.25, -0.2) is 9.97 Å². The van der Waals surface area contributed by atoms with Crippen LogP contribution in [0.15, 0.2) is 42.5 Å². The standard InChI is InChI=1S/C26H31N7O2/c1-17-13-24(31-30-17)29-23-14-22(27-18(2)28-23)20-7-6-12-32(15-20)25(34)16-33(26(35)19-10-11-19)21-8-4-3-5-9-21/h3-5,8-9,13-14,19-20H,6-7,10-12,15-16H2,1-2H3,(H2,27,28,29,30,31). The molecule has 1 saturated carbocycles. The molecule has 1 atom stereocenters. The van der Waals surface area contributed by atoms with E-state index in [-0.39, 0.29) is 30.2 Å². The van der Waals surface area contributed by atoms with Crippen molar-refractivity contribution < 1.29 is 9.59 Å². The van der Waals surface area contributed by atoms with Gasteiger partial charge < -0.3 is 15.1 Å². The number of rotatable bonds is 7. The molecule has 5 rings (SSSR count). The van der Waals surface area contributed by atoms with Gasteiger partial charge in [-0.15, -0.1) is 0 Å². The lowest BCUT2D eigenvalue weighted by Gasteiger charge is -2.34.